The molecule has 1 aromatic carbocycles. The van der Waals surface area contributed by atoms with E-state index in [0.717, 1.165) is 0 Å². The molecule has 0 aliphatic carbocycles. The molecule has 0 aromatic heterocycles. The summed E-state index contributed by atoms with van der Waals surface area (Å²) in [7, 11) is -1.73. The van der Waals surface area contributed by atoms with Crippen LogP contribution < -0.4 is 5.32 Å². The first-order valence-electron chi connectivity index (χ1n) is 4.93. The average molecular weight is 239 g/mol. The molecular formula is C11H13NO3S. The summed E-state index contributed by atoms with van der Waals surface area (Å²) in [5, 5.41) is 13.8. The molecule has 1 aliphatic rings. The standard InChI is InChI=1S/C11H13NO3S/c1-7(12-2)9-6-16(14,15)11-8(9)4-3-5-10(11)13/h3-7,12-13H,1-2H3. The summed E-state index contributed by atoms with van der Waals surface area (Å²) in [4.78, 5) is 0.0205. The number of nitrogens with one attached hydrogen (secondary N) is 1. The maximum Gasteiger partial charge on any atom is 0.204 e. The summed E-state index contributed by atoms with van der Waals surface area (Å²) < 4.78 is 23.7. The molecule has 1 atom stereocenters. The van der Waals surface area contributed by atoms with Gasteiger partial charge in [0.2, 0.25) is 9.84 Å². The summed E-state index contributed by atoms with van der Waals surface area (Å²) in [6, 6.07) is 4.67. The maximum atomic E-state index is 11.8. The molecule has 4 nitrogen and oxygen atoms in total. The van der Waals surface area contributed by atoms with Gasteiger partial charge in [0, 0.05) is 17.0 Å². The highest BCUT2D eigenvalue weighted by molar-refractivity contribution is 7.95. The second-order valence-corrected chi connectivity index (χ2v) is 5.52. The van der Waals surface area contributed by atoms with Crippen LogP contribution in [-0.2, 0) is 9.84 Å². The number of benzene rings is 1. The van der Waals surface area contributed by atoms with Crippen molar-refractivity contribution in [2.45, 2.75) is 17.9 Å². The van der Waals surface area contributed by atoms with E-state index in [0.29, 0.717) is 11.1 Å². The number of likely N-dealkylation sites (N-methyl/N-ethyl adjacent to an activating group) is 1. The number of hydrogen-bond acceptors (Lipinski definition) is 4. The lowest BCUT2D eigenvalue weighted by atomic mass is 10.0. The van der Waals surface area contributed by atoms with Crippen molar-refractivity contribution >= 4 is 15.4 Å². The molecule has 1 heterocycles. The first-order valence-corrected chi connectivity index (χ1v) is 6.48. The Labute approximate surface area is 94.5 Å². The largest absolute Gasteiger partial charge is 0.507 e. The van der Waals surface area contributed by atoms with Crippen molar-refractivity contribution < 1.29 is 13.5 Å². The van der Waals surface area contributed by atoms with Gasteiger partial charge in [-0.15, -0.1) is 0 Å². The Morgan fingerprint density at radius 1 is 1.38 bits per heavy atom. The van der Waals surface area contributed by atoms with Gasteiger partial charge in [-0.2, -0.15) is 0 Å². The number of fused-ring (bicyclic) bond motifs is 1. The fraction of sp³-hybridized carbons (Fsp3) is 0.273. The smallest absolute Gasteiger partial charge is 0.204 e. The minimum absolute atomic E-state index is 0.0205. The average Bonchev–Trinajstić information content (AvgIpc) is 2.51. The molecule has 0 fully saturated rings. The molecule has 86 valence electrons. The van der Waals surface area contributed by atoms with Crippen LogP contribution in [0.2, 0.25) is 0 Å². The summed E-state index contributed by atoms with van der Waals surface area (Å²) >= 11 is 0. The van der Waals surface area contributed by atoms with E-state index in [1.165, 1.54) is 11.5 Å². The van der Waals surface area contributed by atoms with Crippen molar-refractivity contribution in [3.05, 3.63) is 29.2 Å². The van der Waals surface area contributed by atoms with Crippen LogP contribution in [-0.4, -0.2) is 26.6 Å². The third kappa shape index (κ3) is 1.52. The molecule has 1 aromatic rings. The molecule has 2 rings (SSSR count). The molecule has 0 saturated heterocycles. The lowest BCUT2D eigenvalue weighted by molar-refractivity contribution is 0.459. The highest BCUT2D eigenvalue weighted by Gasteiger charge is 2.31. The highest BCUT2D eigenvalue weighted by Crippen LogP contribution is 2.39. The van der Waals surface area contributed by atoms with Gasteiger partial charge in [0.05, 0.1) is 0 Å². The van der Waals surface area contributed by atoms with E-state index < -0.39 is 9.84 Å². The number of aromatic hydroxyl groups is 1. The van der Waals surface area contributed by atoms with E-state index in [4.69, 9.17) is 0 Å². The highest BCUT2D eigenvalue weighted by atomic mass is 32.2. The number of sulfone groups is 1. The third-order valence-electron chi connectivity index (χ3n) is 2.77. The summed E-state index contributed by atoms with van der Waals surface area (Å²) in [6.07, 6.45) is 0. The van der Waals surface area contributed by atoms with Crippen molar-refractivity contribution in [3.63, 3.8) is 0 Å². The fourth-order valence-corrected chi connectivity index (χ4v) is 3.47. The Bertz CT molecular complexity index is 561. The van der Waals surface area contributed by atoms with Gasteiger partial charge in [0.15, 0.2) is 0 Å². The Balaban J connectivity index is 2.70. The minimum atomic E-state index is -3.49. The van der Waals surface area contributed by atoms with Crippen LogP contribution in [0.15, 0.2) is 28.5 Å². The van der Waals surface area contributed by atoms with E-state index in [1.807, 2.05) is 6.92 Å². The molecule has 0 amide bonds. The topological polar surface area (TPSA) is 66.4 Å². The minimum Gasteiger partial charge on any atom is -0.507 e. The van der Waals surface area contributed by atoms with Crippen LogP contribution in [0.25, 0.3) is 5.57 Å². The molecule has 0 bridgehead atoms. The normalized spacial score (nSPS) is 19.0. The van der Waals surface area contributed by atoms with E-state index in [1.54, 1.807) is 19.2 Å². The van der Waals surface area contributed by atoms with Crippen LogP contribution in [0, 0.1) is 0 Å². The van der Waals surface area contributed by atoms with Crippen LogP contribution >= 0.6 is 0 Å². The lowest BCUT2D eigenvalue weighted by Gasteiger charge is -2.12. The van der Waals surface area contributed by atoms with Crippen LogP contribution in [0.1, 0.15) is 12.5 Å². The quantitative estimate of drug-likeness (QED) is 0.812. The van der Waals surface area contributed by atoms with Gasteiger partial charge in [-0.05, 0) is 25.6 Å². The van der Waals surface area contributed by atoms with Gasteiger partial charge in [-0.1, -0.05) is 12.1 Å². The zero-order valence-electron chi connectivity index (χ0n) is 9.06. The molecular weight excluding hydrogens is 226 g/mol. The van der Waals surface area contributed by atoms with E-state index >= 15 is 0 Å². The van der Waals surface area contributed by atoms with Crippen molar-refractivity contribution in [1.82, 2.24) is 5.32 Å². The number of phenols is 1. The Morgan fingerprint density at radius 2 is 2.06 bits per heavy atom. The fourth-order valence-electron chi connectivity index (χ4n) is 1.83. The van der Waals surface area contributed by atoms with Crippen molar-refractivity contribution in [2.75, 3.05) is 7.05 Å². The van der Waals surface area contributed by atoms with Gasteiger partial charge >= 0.3 is 0 Å². The van der Waals surface area contributed by atoms with Crippen molar-refractivity contribution in [2.24, 2.45) is 0 Å². The number of hydrogen-bond donors (Lipinski definition) is 2. The van der Waals surface area contributed by atoms with E-state index in [9.17, 15) is 13.5 Å². The molecule has 0 saturated carbocycles. The molecule has 1 unspecified atom stereocenters. The van der Waals surface area contributed by atoms with E-state index in [-0.39, 0.29) is 16.7 Å². The summed E-state index contributed by atoms with van der Waals surface area (Å²) in [5.74, 6) is -0.188. The Kier molecular flexibility index (Phi) is 2.52. The van der Waals surface area contributed by atoms with Crippen molar-refractivity contribution in [3.8, 4) is 5.75 Å². The lowest BCUT2D eigenvalue weighted by Crippen LogP contribution is -2.22. The SMILES string of the molecule is CNC(C)C1=CS(=O)(=O)c2c(O)cccc21. The van der Waals surface area contributed by atoms with E-state index in [2.05, 4.69) is 5.32 Å². The number of phenolic OH excluding ortho intramolecular Hbond substituents is 1. The zero-order chi connectivity index (χ0) is 11.9. The van der Waals surface area contributed by atoms with Crippen LogP contribution in [0.4, 0.5) is 0 Å². The van der Waals surface area contributed by atoms with Gasteiger partial charge in [0.25, 0.3) is 0 Å². The molecule has 1 aliphatic heterocycles. The first kappa shape index (κ1) is 11.2. The second-order valence-electron chi connectivity index (χ2n) is 3.78. The number of rotatable bonds is 2. The van der Waals surface area contributed by atoms with Gasteiger partial charge in [0.1, 0.15) is 10.6 Å². The second kappa shape index (κ2) is 3.61. The molecule has 0 radical (unpaired) electrons. The molecule has 16 heavy (non-hydrogen) atoms. The van der Waals surface area contributed by atoms with Crippen molar-refractivity contribution in [1.29, 1.82) is 0 Å². The molecule has 0 spiro atoms. The zero-order valence-corrected chi connectivity index (χ0v) is 9.88. The van der Waals surface area contributed by atoms with Gasteiger partial charge < -0.3 is 10.4 Å². The van der Waals surface area contributed by atoms with Gasteiger partial charge in [-0.25, -0.2) is 8.42 Å². The first-order chi connectivity index (χ1) is 7.47. The Hall–Kier alpha value is -1.33. The summed E-state index contributed by atoms with van der Waals surface area (Å²) in [6.45, 7) is 1.88. The predicted octanol–water partition coefficient (Wildman–Crippen LogP) is 1.13. The van der Waals surface area contributed by atoms with Gasteiger partial charge in [-0.3, -0.25) is 0 Å². The molecule has 2 N–H and O–H groups in total. The predicted molar refractivity (Wildman–Crippen MR) is 61.8 cm³/mol. The van der Waals surface area contributed by atoms with Crippen LogP contribution in [0.5, 0.6) is 5.75 Å². The summed E-state index contributed by atoms with van der Waals surface area (Å²) in [5.41, 5.74) is 1.27. The monoisotopic (exact) mass is 239 g/mol. The Morgan fingerprint density at radius 3 is 2.69 bits per heavy atom. The molecule has 5 heteroatoms. The maximum absolute atomic E-state index is 11.8. The van der Waals surface area contributed by atoms with Crippen LogP contribution in [0.3, 0.4) is 0 Å². The third-order valence-corrected chi connectivity index (χ3v) is 4.33.